The maximum absolute atomic E-state index is 5.34. The van der Waals surface area contributed by atoms with Gasteiger partial charge in [0.05, 0.1) is 7.11 Å². The Morgan fingerprint density at radius 2 is 2.05 bits per heavy atom. The van der Waals surface area contributed by atoms with Crippen molar-refractivity contribution in [3.8, 4) is 5.75 Å². The van der Waals surface area contributed by atoms with Gasteiger partial charge < -0.3 is 10.1 Å². The summed E-state index contributed by atoms with van der Waals surface area (Å²) in [6, 6.07) is 8.89. The Bertz CT molecular complexity index is 458. The summed E-state index contributed by atoms with van der Waals surface area (Å²) in [6.45, 7) is 5.42. The molecule has 1 aliphatic carbocycles. The van der Waals surface area contributed by atoms with Crippen molar-refractivity contribution in [2.45, 2.75) is 52.0 Å². The molecule has 2 nitrogen and oxygen atoms in total. The van der Waals surface area contributed by atoms with E-state index in [1.54, 1.807) is 12.7 Å². The number of benzene rings is 1. The van der Waals surface area contributed by atoms with E-state index in [0.717, 1.165) is 18.2 Å². The van der Waals surface area contributed by atoms with Crippen molar-refractivity contribution in [2.75, 3.05) is 13.7 Å². The number of methoxy groups -OCH3 is 1. The van der Waals surface area contributed by atoms with Crippen LogP contribution < -0.4 is 10.1 Å². The standard InChI is InChI=1S/C19H29NO/c1-15(2)20-14-18(17-9-5-4-6-10-17)12-16-8-7-11-19(13-16)21-3/h7-8,11-13,15,17,20H,4-6,9-10,14H2,1-3H3/b18-12-. The molecule has 2 rings (SSSR count). The monoisotopic (exact) mass is 287 g/mol. The van der Waals surface area contributed by atoms with E-state index in [1.807, 2.05) is 6.07 Å². The summed E-state index contributed by atoms with van der Waals surface area (Å²) in [5.74, 6) is 1.68. The molecule has 116 valence electrons. The molecule has 0 saturated heterocycles. The van der Waals surface area contributed by atoms with Crippen LogP contribution in [0.15, 0.2) is 29.8 Å². The summed E-state index contributed by atoms with van der Waals surface area (Å²) < 4.78 is 5.34. The van der Waals surface area contributed by atoms with Gasteiger partial charge in [-0.3, -0.25) is 0 Å². The molecule has 1 aromatic carbocycles. The maximum Gasteiger partial charge on any atom is 0.119 e. The van der Waals surface area contributed by atoms with E-state index in [0.29, 0.717) is 6.04 Å². The predicted octanol–water partition coefficient (Wildman–Crippen LogP) is 4.66. The van der Waals surface area contributed by atoms with Gasteiger partial charge in [0.15, 0.2) is 0 Å². The van der Waals surface area contributed by atoms with E-state index < -0.39 is 0 Å². The Hall–Kier alpha value is -1.28. The third-order valence-corrected chi connectivity index (χ3v) is 4.29. The summed E-state index contributed by atoms with van der Waals surface area (Å²) in [6.07, 6.45) is 9.21. The summed E-state index contributed by atoms with van der Waals surface area (Å²) in [7, 11) is 1.73. The molecule has 1 saturated carbocycles. The quantitative estimate of drug-likeness (QED) is 0.822. The van der Waals surface area contributed by atoms with Crippen LogP contribution >= 0.6 is 0 Å². The molecule has 0 aromatic heterocycles. The zero-order valence-electron chi connectivity index (χ0n) is 13.7. The number of hydrogen-bond donors (Lipinski definition) is 1. The topological polar surface area (TPSA) is 21.3 Å². The molecule has 0 unspecified atom stereocenters. The van der Waals surface area contributed by atoms with Gasteiger partial charge in [0.2, 0.25) is 0 Å². The second-order valence-corrected chi connectivity index (χ2v) is 6.37. The summed E-state index contributed by atoms with van der Waals surface area (Å²) in [5, 5.41) is 3.59. The van der Waals surface area contributed by atoms with Crippen molar-refractivity contribution < 1.29 is 4.74 Å². The second-order valence-electron chi connectivity index (χ2n) is 6.37. The Balaban J connectivity index is 2.17. The van der Waals surface area contributed by atoms with Crippen molar-refractivity contribution in [3.63, 3.8) is 0 Å². The lowest BCUT2D eigenvalue weighted by Gasteiger charge is -2.26. The minimum atomic E-state index is 0.530. The Morgan fingerprint density at radius 1 is 1.29 bits per heavy atom. The first-order valence-electron chi connectivity index (χ1n) is 8.27. The smallest absolute Gasteiger partial charge is 0.119 e. The summed E-state index contributed by atoms with van der Waals surface area (Å²) in [5.41, 5.74) is 2.80. The van der Waals surface area contributed by atoms with Crippen LogP contribution in [-0.2, 0) is 0 Å². The van der Waals surface area contributed by atoms with Crippen molar-refractivity contribution in [2.24, 2.45) is 5.92 Å². The van der Waals surface area contributed by atoms with Crippen LogP contribution in [0.25, 0.3) is 6.08 Å². The van der Waals surface area contributed by atoms with Gasteiger partial charge in [-0.15, -0.1) is 0 Å². The molecule has 1 N–H and O–H groups in total. The molecule has 0 amide bonds. The minimum Gasteiger partial charge on any atom is -0.497 e. The lowest BCUT2D eigenvalue weighted by molar-refractivity contribution is 0.394. The molecule has 0 radical (unpaired) electrons. The zero-order valence-corrected chi connectivity index (χ0v) is 13.7. The van der Waals surface area contributed by atoms with Crippen LogP contribution in [0.2, 0.25) is 0 Å². The van der Waals surface area contributed by atoms with E-state index in [-0.39, 0.29) is 0 Å². The normalized spacial score (nSPS) is 17.2. The van der Waals surface area contributed by atoms with E-state index in [1.165, 1.54) is 37.7 Å². The molecule has 21 heavy (non-hydrogen) atoms. The second kappa shape index (κ2) is 8.23. The summed E-state index contributed by atoms with van der Waals surface area (Å²) in [4.78, 5) is 0. The van der Waals surface area contributed by atoms with Crippen molar-refractivity contribution in [1.82, 2.24) is 5.32 Å². The van der Waals surface area contributed by atoms with Gasteiger partial charge in [0.25, 0.3) is 0 Å². The summed E-state index contributed by atoms with van der Waals surface area (Å²) >= 11 is 0. The molecule has 0 bridgehead atoms. The van der Waals surface area contributed by atoms with Crippen LogP contribution in [0, 0.1) is 5.92 Å². The zero-order chi connectivity index (χ0) is 15.1. The molecule has 0 aliphatic heterocycles. The van der Waals surface area contributed by atoms with Crippen LogP contribution in [0.4, 0.5) is 0 Å². The Labute approximate surface area is 129 Å². The van der Waals surface area contributed by atoms with Gasteiger partial charge in [-0.2, -0.15) is 0 Å². The predicted molar refractivity (Wildman–Crippen MR) is 90.7 cm³/mol. The van der Waals surface area contributed by atoms with Gasteiger partial charge in [-0.25, -0.2) is 0 Å². The van der Waals surface area contributed by atoms with Crippen molar-refractivity contribution in [1.29, 1.82) is 0 Å². The third kappa shape index (κ3) is 5.20. The molecular formula is C19H29NO. The number of hydrogen-bond acceptors (Lipinski definition) is 2. The molecule has 1 fully saturated rings. The molecule has 0 heterocycles. The number of rotatable bonds is 6. The van der Waals surface area contributed by atoms with Crippen LogP contribution in [0.5, 0.6) is 5.75 Å². The first kappa shape index (κ1) is 16.1. The fourth-order valence-corrected chi connectivity index (χ4v) is 3.05. The minimum absolute atomic E-state index is 0.530. The Morgan fingerprint density at radius 3 is 2.71 bits per heavy atom. The lowest BCUT2D eigenvalue weighted by atomic mass is 9.83. The van der Waals surface area contributed by atoms with Gasteiger partial charge in [0.1, 0.15) is 5.75 Å². The van der Waals surface area contributed by atoms with Gasteiger partial charge in [-0.1, -0.05) is 56.9 Å². The third-order valence-electron chi connectivity index (χ3n) is 4.29. The van der Waals surface area contributed by atoms with E-state index >= 15 is 0 Å². The van der Waals surface area contributed by atoms with Gasteiger partial charge in [0, 0.05) is 12.6 Å². The first-order chi connectivity index (χ1) is 10.2. The highest BCUT2D eigenvalue weighted by atomic mass is 16.5. The van der Waals surface area contributed by atoms with Crippen LogP contribution in [0.3, 0.4) is 0 Å². The average molecular weight is 287 g/mol. The van der Waals surface area contributed by atoms with Crippen LogP contribution in [0.1, 0.15) is 51.5 Å². The largest absolute Gasteiger partial charge is 0.497 e. The van der Waals surface area contributed by atoms with E-state index in [9.17, 15) is 0 Å². The fourth-order valence-electron chi connectivity index (χ4n) is 3.05. The molecule has 2 heteroatoms. The molecule has 0 spiro atoms. The number of nitrogens with one attached hydrogen (secondary N) is 1. The number of ether oxygens (including phenoxy) is 1. The lowest BCUT2D eigenvalue weighted by Crippen LogP contribution is -2.27. The molecule has 1 aliphatic rings. The fraction of sp³-hybridized carbons (Fsp3) is 0.579. The average Bonchev–Trinajstić information content (AvgIpc) is 2.52. The van der Waals surface area contributed by atoms with E-state index in [4.69, 9.17) is 4.74 Å². The van der Waals surface area contributed by atoms with Gasteiger partial charge in [-0.05, 0) is 36.5 Å². The molecule has 1 aromatic rings. The highest BCUT2D eigenvalue weighted by molar-refractivity contribution is 5.55. The molecular weight excluding hydrogens is 258 g/mol. The Kier molecular flexibility index (Phi) is 6.31. The maximum atomic E-state index is 5.34. The van der Waals surface area contributed by atoms with Crippen LogP contribution in [-0.4, -0.2) is 19.7 Å². The highest BCUT2D eigenvalue weighted by Gasteiger charge is 2.17. The van der Waals surface area contributed by atoms with Gasteiger partial charge >= 0.3 is 0 Å². The first-order valence-corrected chi connectivity index (χ1v) is 8.27. The van der Waals surface area contributed by atoms with Crippen molar-refractivity contribution in [3.05, 3.63) is 35.4 Å². The highest BCUT2D eigenvalue weighted by Crippen LogP contribution is 2.31. The SMILES string of the molecule is COc1cccc(/C=C(/CNC(C)C)C2CCCCC2)c1. The molecule has 0 atom stereocenters. The van der Waals surface area contributed by atoms with Crippen molar-refractivity contribution >= 4 is 6.08 Å². The van der Waals surface area contributed by atoms with E-state index in [2.05, 4.69) is 43.4 Å².